The zero-order valence-corrected chi connectivity index (χ0v) is 29.3. The van der Waals surface area contributed by atoms with Crippen LogP contribution in [0.3, 0.4) is 0 Å². The third-order valence-electron chi connectivity index (χ3n) is 10.3. The fourth-order valence-corrected chi connectivity index (χ4v) is 7.51. The largest absolute Gasteiger partial charge is 0.258 e. The fraction of sp³-hybridized carbons (Fsp3) is 0.523. The maximum Gasteiger partial charge on any atom is 0.258 e. The smallest absolute Gasteiger partial charge is 0.247 e. The molecule has 4 aromatic rings. The van der Waals surface area contributed by atoms with Crippen LogP contribution in [-0.2, 0) is 18.4 Å². The second-order valence-electron chi connectivity index (χ2n) is 14.0. The number of nitrogens with zero attached hydrogens (tertiary/aromatic N) is 1. The molecule has 1 aromatic heterocycles. The second kappa shape index (κ2) is 20.9. The van der Waals surface area contributed by atoms with E-state index in [0.717, 1.165) is 13.0 Å². The molecule has 0 fully saturated rings. The zero-order chi connectivity index (χ0) is 32.1. The fourth-order valence-electron chi connectivity index (χ4n) is 7.51. The number of hydrogen-bond donors (Lipinski definition) is 1. The van der Waals surface area contributed by atoms with Gasteiger partial charge in [-0.15, -0.1) is 0 Å². The number of benzene rings is 3. The predicted octanol–water partition coefficient (Wildman–Crippen LogP) is 12.3. The molecule has 2 atom stereocenters. The summed E-state index contributed by atoms with van der Waals surface area (Å²) in [4.78, 5) is 3.75. The highest BCUT2D eigenvalue weighted by Crippen LogP contribution is 2.43. The number of H-pyrrole nitrogens is 1. The average Bonchev–Trinajstić information content (AvgIpc) is 3.54. The summed E-state index contributed by atoms with van der Waals surface area (Å²) in [5, 5.41) is 0. The first kappa shape index (κ1) is 35.7. The third-order valence-corrected chi connectivity index (χ3v) is 10.3. The lowest BCUT2D eigenvalue weighted by Gasteiger charge is -2.37. The molecule has 0 saturated heterocycles. The summed E-state index contributed by atoms with van der Waals surface area (Å²) in [5.74, 6) is 1.73. The van der Waals surface area contributed by atoms with Crippen LogP contribution in [0.1, 0.15) is 151 Å². The van der Waals surface area contributed by atoms with Crippen molar-refractivity contribution in [1.29, 1.82) is 0 Å². The molecule has 4 rings (SSSR count). The van der Waals surface area contributed by atoms with E-state index in [1.807, 2.05) is 0 Å². The van der Waals surface area contributed by atoms with Gasteiger partial charge in [-0.1, -0.05) is 208 Å². The molecule has 0 aliphatic rings. The summed E-state index contributed by atoms with van der Waals surface area (Å²) in [6, 6.07) is 33.3. The summed E-state index contributed by atoms with van der Waals surface area (Å²) < 4.78 is 2.47. The summed E-state index contributed by atoms with van der Waals surface area (Å²) >= 11 is 0. The van der Waals surface area contributed by atoms with Crippen molar-refractivity contribution < 1.29 is 4.57 Å². The first-order valence-electron chi connectivity index (χ1n) is 18.9. The van der Waals surface area contributed by atoms with Crippen LogP contribution in [0.15, 0.2) is 103 Å². The van der Waals surface area contributed by atoms with E-state index >= 15 is 0 Å². The van der Waals surface area contributed by atoms with E-state index in [1.165, 1.54) is 132 Å². The van der Waals surface area contributed by atoms with Crippen LogP contribution in [0.25, 0.3) is 0 Å². The number of nitrogens with one attached hydrogen (secondary N) is 1. The van der Waals surface area contributed by atoms with E-state index in [0.29, 0.717) is 5.92 Å². The minimum atomic E-state index is -0.0403. The number of hydrogen-bond acceptors (Lipinski definition) is 0. The Bertz CT molecular complexity index is 1300. The van der Waals surface area contributed by atoms with Crippen LogP contribution in [0, 0.1) is 0 Å². The molecule has 0 aliphatic carbocycles. The van der Waals surface area contributed by atoms with Crippen molar-refractivity contribution in [3.63, 3.8) is 0 Å². The zero-order valence-electron chi connectivity index (χ0n) is 29.3. The van der Waals surface area contributed by atoms with Crippen LogP contribution in [0.5, 0.6) is 0 Å². The Labute approximate surface area is 282 Å². The van der Waals surface area contributed by atoms with Gasteiger partial charge in [0, 0.05) is 5.41 Å². The van der Waals surface area contributed by atoms with E-state index in [-0.39, 0.29) is 5.41 Å². The standard InChI is InChI=1S/C44H62N2/c1-3-4-5-6-7-8-9-10-11-12-13-14-15-16-17-27-34-42(43-45-35-36-46(43)38-40-30-23-19-24-31-40)44(2,41-32-25-20-26-33-41)37-39-28-21-18-22-29-39/h18-26,28-33,35-36,42H,3-17,27,34,37-38H2,1-2H3/p+1. The van der Waals surface area contributed by atoms with Gasteiger partial charge in [0.25, 0.3) is 5.82 Å². The van der Waals surface area contributed by atoms with Gasteiger partial charge >= 0.3 is 0 Å². The Balaban J connectivity index is 1.33. The summed E-state index contributed by atoms with van der Waals surface area (Å²) in [5.41, 5.74) is 4.15. The molecule has 0 aliphatic heterocycles. The van der Waals surface area contributed by atoms with Crippen LogP contribution in [0.4, 0.5) is 0 Å². The molecule has 2 nitrogen and oxygen atoms in total. The van der Waals surface area contributed by atoms with E-state index < -0.39 is 0 Å². The predicted molar refractivity (Wildman–Crippen MR) is 197 cm³/mol. The monoisotopic (exact) mass is 619 g/mol. The first-order chi connectivity index (χ1) is 22.7. The molecule has 0 spiro atoms. The van der Waals surface area contributed by atoms with Crippen molar-refractivity contribution in [3.05, 3.63) is 126 Å². The van der Waals surface area contributed by atoms with Crippen molar-refractivity contribution in [2.75, 3.05) is 0 Å². The van der Waals surface area contributed by atoms with Gasteiger partial charge < -0.3 is 0 Å². The van der Waals surface area contributed by atoms with Crippen molar-refractivity contribution in [2.45, 2.75) is 147 Å². The quantitative estimate of drug-likeness (QED) is 0.0594. The van der Waals surface area contributed by atoms with Crippen LogP contribution in [-0.4, -0.2) is 4.98 Å². The lowest BCUT2D eigenvalue weighted by atomic mass is 9.66. The molecule has 2 heteroatoms. The maximum atomic E-state index is 3.75. The SMILES string of the molecule is CCCCCCCCCCCCCCCCCCC(c1[nH]cc[n+]1Cc1ccccc1)C(C)(Cc1ccccc1)c1ccccc1. The molecule has 0 saturated carbocycles. The molecule has 248 valence electrons. The first-order valence-corrected chi connectivity index (χ1v) is 18.9. The van der Waals surface area contributed by atoms with E-state index in [1.54, 1.807) is 0 Å². The molecule has 3 aromatic carbocycles. The molecule has 46 heavy (non-hydrogen) atoms. The normalized spacial score (nSPS) is 13.4. The summed E-state index contributed by atoms with van der Waals surface area (Å²) in [7, 11) is 0. The Morgan fingerprint density at radius 1 is 0.565 bits per heavy atom. The minimum Gasteiger partial charge on any atom is -0.247 e. The topological polar surface area (TPSA) is 19.7 Å². The highest BCUT2D eigenvalue weighted by Gasteiger charge is 2.42. The molecule has 2 unspecified atom stereocenters. The van der Waals surface area contributed by atoms with Gasteiger partial charge in [0.1, 0.15) is 18.9 Å². The highest BCUT2D eigenvalue weighted by molar-refractivity contribution is 5.32. The van der Waals surface area contributed by atoms with Crippen molar-refractivity contribution in [3.8, 4) is 0 Å². The molecular formula is C44H63N2+. The molecule has 0 radical (unpaired) electrons. The Kier molecular flexibility index (Phi) is 16.2. The number of rotatable bonds is 24. The summed E-state index contributed by atoms with van der Waals surface area (Å²) in [6.45, 7) is 5.71. The van der Waals surface area contributed by atoms with Gasteiger partial charge in [0.05, 0.1) is 5.92 Å². The average molecular weight is 620 g/mol. The van der Waals surface area contributed by atoms with Gasteiger partial charge in [0.2, 0.25) is 0 Å². The maximum absolute atomic E-state index is 3.75. The third kappa shape index (κ3) is 11.9. The Morgan fingerprint density at radius 2 is 1.02 bits per heavy atom. The van der Waals surface area contributed by atoms with Crippen LogP contribution < -0.4 is 4.57 Å². The molecule has 1 heterocycles. The number of aromatic nitrogens is 2. The second-order valence-corrected chi connectivity index (χ2v) is 14.0. The molecule has 0 bridgehead atoms. The molecular weight excluding hydrogens is 556 g/mol. The van der Waals surface area contributed by atoms with E-state index in [2.05, 4.69) is 127 Å². The van der Waals surface area contributed by atoms with Gasteiger partial charge in [-0.05, 0) is 29.5 Å². The van der Waals surface area contributed by atoms with Crippen molar-refractivity contribution >= 4 is 0 Å². The number of imidazole rings is 1. The highest BCUT2D eigenvalue weighted by atomic mass is 15.1. The summed E-state index contributed by atoms with van der Waals surface area (Å²) in [6.07, 6.45) is 29.1. The van der Waals surface area contributed by atoms with Gasteiger partial charge in [-0.3, -0.25) is 0 Å². The van der Waals surface area contributed by atoms with Crippen molar-refractivity contribution in [1.82, 2.24) is 4.98 Å². The Hall–Kier alpha value is -3.13. The van der Waals surface area contributed by atoms with Crippen molar-refractivity contribution in [2.24, 2.45) is 0 Å². The lowest BCUT2D eigenvalue weighted by molar-refractivity contribution is -0.696. The van der Waals surface area contributed by atoms with Gasteiger partial charge in [0.15, 0.2) is 0 Å². The van der Waals surface area contributed by atoms with Gasteiger partial charge in [-0.2, -0.15) is 0 Å². The molecule has 0 amide bonds. The van der Waals surface area contributed by atoms with E-state index in [9.17, 15) is 0 Å². The number of aromatic amines is 1. The lowest BCUT2D eigenvalue weighted by Crippen LogP contribution is -2.44. The van der Waals surface area contributed by atoms with E-state index in [4.69, 9.17) is 0 Å². The van der Waals surface area contributed by atoms with Crippen LogP contribution in [0.2, 0.25) is 0 Å². The Morgan fingerprint density at radius 3 is 1.54 bits per heavy atom. The van der Waals surface area contributed by atoms with Crippen LogP contribution >= 0.6 is 0 Å². The van der Waals surface area contributed by atoms with Gasteiger partial charge in [-0.25, -0.2) is 9.55 Å². The minimum absolute atomic E-state index is 0.0403. The molecule has 1 N–H and O–H groups in total. The number of unbranched alkanes of at least 4 members (excludes halogenated alkanes) is 15.